The molecule has 4 amide bonds. The fraction of sp³-hybridized carbons (Fsp3) is 0.355. The van der Waals surface area contributed by atoms with Crippen LogP contribution in [-0.4, -0.2) is 85.0 Å². The maximum absolute atomic E-state index is 14.0. The molecule has 1 saturated heterocycles. The summed E-state index contributed by atoms with van der Waals surface area (Å²) in [6, 6.07) is 8.16. The zero-order valence-electron chi connectivity index (χ0n) is 26.1. The number of primary amides is 1. The van der Waals surface area contributed by atoms with Crippen LogP contribution >= 0.6 is 23.2 Å². The van der Waals surface area contributed by atoms with Crippen molar-refractivity contribution in [1.29, 1.82) is 0 Å². The highest BCUT2D eigenvalue weighted by atomic mass is 35.5. The Morgan fingerprint density at radius 3 is 2.27 bits per heavy atom. The molecule has 0 aromatic heterocycles. The number of nitrogens with two attached hydrogens (primary N) is 3. The van der Waals surface area contributed by atoms with Crippen LogP contribution in [0.15, 0.2) is 59.8 Å². The SMILES string of the molecule is C[C@@H]1CN(C(=O)c2ccc(NC(=O)/C(N)=C/C3=C(N)N[C@H](c4c(Cl)ccc(F)c4Cl)O3)cc2)C[C@H](C)N1C(=O)COCCOCC(N)=O. The molecule has 2 aromatic carbocycles. The van der Waals surface area contributed by atoms with E-state index < -0.39 is 23.9 Å². The molecule has 48 heavy (non-hydrogen) atoms. The highest BCUT2D eigenvalue weighted by Gasteiger charge is 2.35. The first-order valence-electron chi connectivity index (χ1n) is 14.8. The molecule has 0 bridgehead atoms. The van der Waals surface area contributed by atoms with Gasteiger partial charge in [-0.1, -0.05) is 23.2 Å². The maximum Gasteiger partial charge on any atom is 0.271 e. The van der Waals surface area contributed by atoms with Gasteiger partial charge in [0.1, 0.15) is 30.5 Å². The van der Waals surface area contributed by atoms with E-state index >= 15 is 0 Å². The number of anilines is 1. The van der Waals surface area contributed by atoms with E-state index in [1.165, 1.54) is 12.1 Å². The second-order valence-electron chi connectivity index (χ2n) is 11.1. The van der Waals surface area contributed by atoms with Crippen molar-refractivity contribution >= 4 is 52.5 Å². The fourth-order valence-electron chi connectivity index (χ4n) is 5.25. The summed E-state index contributed by atoms with van der Waals surface area (Å²) in [6.45, 7) is 4.19. The first kappa shape index (κ1) is 36.3. The van der Waals surface area contributed by atoms with Gasteiger partial charge in [0.2, 0.25) is 18.0 Å². The van der Waals surface area contributed by atoms with Crippen molar-refractivity contribution in [3.8, 4) is 0 Å². The van der Waals surface area contributed by atoms with Gasteiger partial charge in [0.15, 0.2) is 5.76 Å². The number of nitrogens with zero attached hydrogens (tertiary/aromatic N) is 2. The van der Waals surface area contributed by atoms with E-state index in [0.717, 1.165) is 6.07 Å². The molecule has 8 N–H and O–H groups in total. The van der Waals surface area contributed by atoms with Crippen molar-refractivity contribution in [2.75, 3.05) is 44.8 Å². The van der Waals surface area contributed by atoms with Crippen molar-refractivity contribution in [3.05, 3.63) is 86.7 Å². The number of carbonyl (C=O) groups is 4. The molecule has 17 heteroatoms. The molecular weight excluding hydrogens is 672 g/mol. The predicted octanol–water partition coefficient (Wildman–Crippen LogP) is 1.94. The van der Waals surface area contributed by atoms with Crippen LogP contribution < -0.4 is 27.8 Å². The van der Waals surface area contributed by atoms with E-state index in [4.69, 9.17) is 54.6 Å². The Kier molecular flexibility index (Phi) is 12.1. The molecule has 258 valence electrons. The van der Waals surface area contributed by atoms with Gasteiger partial charge in [0, 0.05) is 42.5 Å². The second kappa shape index (κ2) is 16.0. The zero-order chi connectivity index (χ0) is 35.1. The van der Waals surface area contributed by atoms with Gasteiger partial charge < -0.3 is 51.8 Å². The van der Waals surface area contributed by atoms with Crippen LogP contribution in [-0.2, 0) is 28.6 Å². The van der Waals surface area contributed by atoms with E-state index in [1.807, 2.05) is 13.8 Å². The molecule has 2 aliphatic rings. The summed E-state index contributed by atoms with van der Waals surface area (Å²) in [6.07, 6.45) is 0.194. The molecule has 0 spiro atoms. The second-order valence-corrected chi connectivity index (χ2v) is 11.9. The number of halogens is 3. The summed E-state index contributed by atoms with van der Waals surface area (Å²) in [5.74, 6) is -2.36. The summed E-state index contributed by atoms with van der Waals surface area (Å²) in [5.41, 5.74) is 17.6. The Labute approximate surface area is 285 Å². The number of ether oxygens (including phenoxy) is 3. The average molecular weight is 709 g/mol. The summed E-state index contributed by atoms with van der Waals surface area (Å²) in [5, 5.41) is 5.33. The Hall–Kier alpha value is -4.57. The third-order valence-electron chi connectivity index (χ3n) is 7.41. The number of amides is 4. The van der Waals surface area contributed by atoms with Gasteiger partial charge in [-0.15, -0.1) is 0 Å². The molecule has 0 unspecified atom stereocenters. The van der Waals surface area contributed by atoms with Crippen LogP contribution in [0.5, 0.6) is 0 Å². The highest BCUT2D eigenvalue weighted by molar-refractivity contribution is 6.36. The predicted molar refractivity (Wildman–Crippen MR) is 174 cm³/mol. The number of piperazine rings is 1. The monoisotopic (exact) mass is 707 g/mol. The molecule has 3 atom stereocenters. The van der Waals surface area contributed by atoms with Crippen molar-refractivity contribution in [3.63, 3.8) is 0 Å². The lowest BCUT2D eigenvalue weighted by Gasteiger charge is -2.44. The summed E-state index contributed by atoms with van der Waals surface area (Å²) >= 11 is 12.2. The molecule has 2 heterocycles. The Balaban J connectivity index is 1.29. The van der Waals surface area contributed by atoms with Gasteiger partial charge in [-0.05, 0) is 50.2 Å². The van der Waals surface area contributed by atoms with Crippen LogP contribution in [0.4, 0.5) is 10.1 Å². The van der Waals surface area contributed by atoms with Crippen molar-refractivity contribution < 1.29 is 37.8 Å². The van der Waals surface area contributed by atoms with Crippen LogP contribution in [0.1, 0.15) is 36.0 Å². The van der Waals surface area contributed by atoms with E-state index in [2.05, 4.69) is 10.6 Å². The lowest BCUT2D eigenvalue weighted by Crippen LogP contribution is -2.60. The minimum absolute atomic E-state index is 0.0226. The lowest BCUT2D eigenvalue weighted by molar-refractivity contribution is -0.144. The third kappa shape index (κ3) is 8.86. The number of carbonyl (C=O) groups excluding carboxylic acids is 4. The van der Waals surface area contributed by atoms with Crippen LogP contribution in [0, 0.1) is 5.82 Å². The Morgan fingerprint density at radius 2 is 1.65 bits per heavy atom. The fourth-order valence-corrected chi connectivity index (χ4v) is 5.82. The average Bonchev–Trinajstić information content (AvgIpc) is 3.39. The van der Waals surface area contributed by atoms with Gasteiger partial charge in [0.05, 0.1) is 28.8 Å². The Morgan fingerprint density at radius 1 is 1.02 bits per heavy atom. The first-order chi connectivity index (χ1) is 22.8. The largest absolute Gasteiger partial charge is 0.462 e. The molecule has 0 aliphatic carbocycles. The van der Waals surface area contributed by atoms with Gasteiger partial charge in [-0.25, -0.2) is 4.39 Å². The highest BCUT2D eigenvalue weighted by Crippen LogP contribution is 2.37. The quantitative estimate of drug-likeness (QED) is 0.123. The van der Waals surface area contributed by atoms with Gasteiger partial charge >= 0.3 is 0 Å². The standard InChI is InChI=1S/C31H36Cl2FN7O7/c1-16-12-40(13-17(2)41(16)25(43)15-47-10-9-46-14-24(36)42)31(45)18-3-5-19(6-4-18)38-29(44)22(35)11-23-28(37)39-30(48-23)26-20(32)7-8-21(34)27(26)33/h3-8,11,16-17,30,39H,9-10,12-15,35,37H2,1-2H3,(H2,36,42)(H,38,44)/b22-11-/t16-,17+,30-/m0/s1. The molecule has 2 aliphatic heterocycles. The first-order valence-corrected chi connectivity index (χ1v) is 15.5. The minimum Gasteiger partial charge on any atom is -0.462 e. The number of nitrogens with one attached hydrogen (secondary N) is 2. The molecule has 2 aromatic rings. The zero-order valence-corrected chi connectivity index (χ0v) is 27.6. The van der Waals surface area contributed by atoms with Crippen LogP contribution in [0.3, 0.4) is 0 Å². The molecular formula is C31H36Cl2FN7O7. The molecule has 1 fully saturated rings. The molecule has 0 saturated carbocycles. The number of benzene rings is 2. The smallest absolute Gasteiger partial charge is 0.271 e. The van der Waals surface area contributed by atoms with Crippen LogP contribution in [0.2, 0.25) is 10.0 Å². The summed E-state index contributed by atoms with van der Waals surface area (Å²) in [4.78, 5) is 52.9. The van der Waals surface area contributed by atoms with Crippen molar-refractivity contribution in [2.24, 2.45) is 17.2 Å². The normalized spacial score (nSPS) is 19.5. The molecule has 4 rings (SSSR count). The summed E-state index contributed by atoms with van der Waals surface area (Å²) in [7, 11) is 0. The number of allylic oxidation sites excluding steroid dienone is 1. The number of rotatable bonds is 12. The van der Waals surface area contributed by atoms with Crippen LogP contribution in [0.25, 0.3) is 0 Å². The number of hydrogen-bond donors (Lipinski definition) is 5. The topological polar surface area (TPSA) is 205 Å². The minimum atomic E-state index is -1.01. The lowest BCUT2D eigenvalue weighted by atomic mass is 10.1. The van der Waals surface area contributed by atoms with Gasteiger partial charge in [-0.3, -0.25) is 19.2 Å². The summed E-state index contributed by atoms with van der Waals surface area (Å²) < 4.78 is 30.1. The number of hydrogen-bond acceptors (Lipinski definition) is 10. The van der Waals surface area contributed by atoms with E-state index in [9.17, 15) is 23.6 Å². The maximum atomic E-state index is 14.0. The third-order valence-corrected chi connectivity index (χ3v) is 8.13. The van der Waals surface area contributed by atoms with Crippen molar-refractivity contribution in [2.45, 2.75) is 32.2 Å². The molecule has 0 radical (unpaired) electrons. The van der Waals surface area contributed by atoms with E-state index in [0.29, 0.717) is 24.3 Å². The van der Waals surface area contributed by atoms with E-state index in [1.54, 1.807) is 34.1 Å². The van der Waals surface area contributed by atoms with Gasteiger partial charge in [0.25, 0.3) is 11.8 Å². The molecule has 14 nitrogen and oxygen atoms in total. The Bertz CT molecular complexity index is 1610. The van der Waals surface area contributed by atoms with Gasteiger partial charge in [-0.2, -0.15) is 0 Å². The van der Waals surface area contributed by atoms with E-state index in [-0.39, 0.29) is 83.2 Å². The van der Waals surface area contributed by atoms with Crippen molar-refractivity contribution in [1.82, 2.24) is 15.1 Å².